The van der Waals surface area contributed by atoms with Crippen molar-refractivity contribution in [2.45, 2.75) is 18.9 Å². The average molecular weight is 358 g/mol. The van der Waals surface area contributed by atoms with Crippen LogP contribution in [-0.4, -0.2) is 38.0 Å². The SMILES string of the molecule is CN(C)C(CNC(=O)CCCN)c1c(F)cccc1F.Cl.Cl. The van der Waals surface area contributed by atoms with Gasteiger partial charge in [0.15, 0.2) is 0 Å². The number of likely N-dealkylation sites (N-methyl/N-ethyl adjacent to an activating group) is 1. The molecule has 8 heteroatoms. The van der Waals surface area contributed by atoms with E-state index in [4.69, 9.17) is 5.73 Å². The van der Waals surface area contributed by atoms with E-state index in [1.54, 1.807) is 19.0 Å². The molecule has 0 aliphatic heterocycles. The number of hydrogen-bond acceptors (Lipinski definition) is 3. The van der Waals surface area contributed by atoms with Crippen LogP contribution in [-0.2, 0) is 4.79 Å². The number of benzene rings is 1. The molecule has 3 N–H and O–H groups in total. The number of nitrogens with zero attached hydrogens (tertiary/aromatic N) is 1. The first-order chi connectivity index (χ1) is 9.47. The van der Waals surface area contributed by atoms with Gasteiger partial charge in [0, 0.05) is 18.5 Å². The molecular formula is C14H23Cl2F2N3O. The van der Waals surface area contributed by atoms with E-state index < -0.39 is 17.7 Å². The highest BCUT2D eigenvalue weighted by Gasteiger charge is 2.22. The summed E-state index contributed by atoms with van der Waals surface area (Å²) < 4.78 is 27.6. The summed E-state index contributed by atoms with van der Waals surface area (Å²) >= 11 is 0. The summed E-state index contributed by atoms with van der Waals surface area (Å²) in [5, 5.41) is 2.68. The van der Waals surface area contributed by atoms with Gasteiger partial charge in [-0.15, -0.1) is 24.8 Å². The van der Waals surface area contributed by atoms with E-state index in [-0.39, 0.29) is 42.8 Å². The molecule has 1 aromatic rings. The Labute approximate surface area is 142 Å². The van der Waals surface area contributed by atoms with Crippen LogP contribution in [0.15, 0.2) is 18.2 Å². The van der Waals surface area contributed by atoms with Gasteiger partial charge in [0.2, 0.25) is 5.91 Å². The van der Waals surface area contributed by atoms with Gasteiger partial charge in [-0.1, -0.05) is 6.07 Å². The molecular weight excluding hydrogens is 335 g/mol. The van der Waals surface area contributed by atoms with E-state index >= 15 is 0 Å². The molecule has 0 aliphatic rings. The minimum Gasteiger partial charge on any atom is -0.354 e. The van der Waals surface area contributed by atoms with Crippen molar-refractivity contribution < 1.29 is 13.6 Å². The van der Waals surface area contributed by atoms with Gasteiger partial charge in [-0.05, 0) is 39.2 Å². The van der Waals surface area contributed by atoms with Gasteiger partial charge in [-0.25, -0.2) is 8.78 Å². The summed E-state index contributed by atoms with van der Waals surface area (Å²) in [6, 6.07) is 3.19. The zero-order chi connectivity index (χ0) is 15.1. The maximum absolute atomic E-state index is 13.8. The zero-order valence-corrected chi connectivity index (χ0v) is 14.3. The van der Waals surface area contributed by atoms with Crippen LogP contribution in [0.4, 0.5) is 8.78 Å². The molecule has 1 unspecified atom stereocenters. The molecule has 1 aromatic carbocycles. The van der Waals surface area contributed by atoms with Crippen LogP contribution in [0.1, 0.15) is 24.4 Å². The number of amides is 1. The van der Waals surface area contributed by atoms with Crippen LogP contribution in [0.25, 0.3) is 0 Å². The Hall–Kier alpha value is -0.950. The highest BCUT2D eigenvalue weighted by atomic mass is 35.5. The predicted octanol–water partition coefficient (Wildman–Crippen LogP) is 2.27. The van der Waals surface area contributed by atoms with Gasteiger partial charge in [-0.3, -0.25) is 4.79 Å². The van der Waals surface area contributed by atoms with Crippen molar-refractivity contribution >= 4 is 30.7 Å². The third-order valence-corrected chi connectivity index (χ3v) is 3.06. The fourth-order valence-electron chi connectivity index (χ4n) is 1.93. The molecule has 0 aliphatic carbocycles. The van der Waals surface area contributed by atoms with Gasteiger partial charge in [0.25, 0.3) is 0 Å². The monoisotopic (exact) mass is 357 g/mol. The van der Waals surface area contributed by atoms with Crippen LogP contribution in [0.2, 0.25) is 0 Å². The molecule has 22 heavy (non-hydrogen) atoms. The van der Waals surface area contributed by atoms with Crippen molar-refractivity contribution in [2.24, 2.45) is 5.73 Å². The van der Waals surface area contributed by atoms with Crippen molar-refractivity contribution in [1.82, 2.24) is 10.2 Å². The highest BCUT2D eigenvalue weighted by Crippen LogP contribution is 2.23. The second-order valence-corrected chi connectivity index (χ2v) is 4.81. The smallest absolute Gasteiger partial charge is 0.220 e. The summed E-state index contributed by atoms with van der Waals surface area (Å²) in [6.07, 6.45) is 0.906. The van der Waals surface area contributed by atoms with Crippen LogP contribution in [0, 0.1) is 11.6 Å². The van der Waals surface area contributed by atoms with Gasteiger partial charge < -0.3 is 16.0 Å². The van der Waals surface area contributed by atoms with Gasteiger partial charge >= 0.3 is 0 Å². The Balaban J connectivity index is 0. The molecule has 0 bridgehead atoms. The molecule has 0 fully saturated rings. The Kier molecular flexibility index (Phi) is 12.3. The van der Waals surface area contributed by atoms with E-state index in [1.165, 1.54) is 18.2 Å². The second-order valence-electron chi connectivity index (χ2n) is 4.81. The van der Waals surface area contributed by atoms with E-state index in [9.17, 15) is 13.6 Å². The first kappa shape index (κ1) is 23.3. The second kappa shape index (κ2) is 11.6. The van der Waals surface area contributed by atoms with Crippen molar-refractivity contribution in [3.05, 3.63) is 35.4 Å². The molecule has 0 radical (unpaired) electrons. The minimum atomic E-state index is -0.611. The topological polar surface area (TPSA) is 58.4 Å². The zero-order valence-electron chi connectivity index (χ0n) is 12.6. The third kappa shape index (κ3) is 6.87. The summed E-state index contributed by atoms with van der Waals surface area (Å²) in [4.78, 5) is 13.2. The lowest BCUT2D eigenvalue weighted by Crippen LogP contribution is -2.35. The van der Waals surface area contributed by atoms with E-state index in [0.717, 1.165) is 0 Å². The highest BCUT2D eigenvalue weighted by molar-refractivity contribution is 5.85. The van der Waals surface area contributed by atoms with E-state index in [0.29, 0.717) is 19.4 Å². The lowest BCUT2D eigenvalue weighted by molar-refractivity contribution is -0.121. The summed E-state index contributed by atoms with van der Waals surface area (Å²) in [7, 11) is 3.42. The summed E-state index contributed by atoms with van der Waals surface area (Å²) in [5.74, 6) is -1.39. The van der Waals surface area contributed by atoms with Crippen molar-refractivity contribution in [3.63, 3.8) is 0 Å². The van der Waals surface area contributed by atoms with Crippen molar-refractivity contribution in [2.75, 3.05) is 27.2 Å². The van der Waals surface area contributed by atoms with Crippen LogP contribution < -0.4 is 11.1 Å². The van der Waals surface area contributed by atoms with Gasteiger partial charge in [0.1, 0.15) is 11.6 Å². The molecule has 128 valence electrons. The van der Waals surface area contributed by atoms with E-state index in [2.05, 4.69) is 5.32 Å². The third-order valence-electron chi connectivity index (χ3n) is 3.06. The number of nitrogens with two attached hydrogens (primary N) is 1. The Morgan fingerprint density at radius 2 is 1.82 bits per heavy atom. The molecule has 1 amide bonds. The number of halogens is 4. The molecule has 4 nitrogen and oxygen atoms in total. The number of carbonyl (C=O) groups is 1. The first-order valence-electron chi connectivity index (χ1n) is 6.54. The number of hydrogen-bond donors (Lipinski definition) is 2. The number of rotatable bonds is 7. The summed E-state index contributed by atoms with van der Waals surface area (Å²) in [6.45, 7) is 0.584. The van der Waals surface area contributed by atoms with Gasteiger partial charge in [-0.2, -0.15) is 0 Å². The van der Waals surface area contributed by atoms with E-state index in [1.807, 2.05) is 0 Å². The van der Waals surface area contributed by atoms with Gasteiger partial charge in [0.05, 0.1) is 6.04 Å². The number of nitrogens with one attached hydrogen (secondary N) is 1. The fourth-order valence-corrected chi connectivity index (χ4v) is 1.93. The van der Waals surface area contributed by atoms with Crippen LogP contribution in [0.3, 0.4) is 0 Å². The molecule has 1 atom stereocenters. The molecule has 0 aromatic heterocycles. The summed E-state index contributed by atoms with van der Waals surface area (Å²) in [5.41, 5.74) is 5.29. The Morgan fingerprint density at radius 1 is 1.27 bits per heavy atom. The number of carbonyl (C=O) groups excluding carboxylic acids is 1. The largest absolute Gasteiger partial charge is 0.354 e. The minimum absolute atomic E-state index is 0. The maximum Gasteiger partial charge on any atom is 0.220 e. The normalized spacial score (nSPS) is 11.4. The Bertz CT molecular complexity index is 441. The lowest BCUT2D eigenvalue weighted by Gasteiger charge is -2.25. The first-order valence-corrected chi connectivity index (χ1v) is 6.54. The van der Waals surface area contributed by atoms with Crippen LogP contribution >= 0.6 is 24.8 Å². The molecule has 1 rings (SSSR count). The average Bonchev–Trinajstić information content (AvgIpc) is 2.39. The molecule has 0 saturated heterocycles. The molecule has 0 heterocycles. The van der Waals surface area contributed by atoms with Crippen LogP contribution in [0.5, 0.6) is 0 Å². The molecule has 0 saturated carbocycles. The van der Waals surface area contributed by atoms with Crippen molar-refractivity contribution in [3.8, 4) is 0 Å². The Morgan fingerprint density at radius 3 is 2.27 bits per heavy atom. The van der Waals surface area contributed by atoms with Crippen molar-refractivity contribution in [1.29, 1.82) is 0 Å². The quantitative estimate of drug-likeness (QED) is 0.786. The predicted molar refractivity (Wildman–Crippen MR) is 88.6 cm³/mol. The standard InChI is InChI=1S/C14H21F2N3O.2ClH/c1-19(2)12(9-18-13(20)7-4-8-17)14-10(15)5-3-6-11(14)16;;/h3,5-6,12H,4,7-9,17H2,1-2H3,(H,18,20);2*1H. The fraction of sp³-hybridized carbons (Fsp3) is 0.500. The molecule has 0 spiro atoms. The maximum atomic E-state index is 13.8. The lowest BCUT2D eigenvalue weighted by atomic mass is 10.0.